The molecule has 1 aliphatic heterocycles. The monoisotopic (exact) mass is 316 g/mol. The fourth-order valence-electron chi connectivity index (χ4n) is 2.19. The lowest BCUT2D eigenvalue weighted by molar-refractivity contribution is -0.0332. The molecular weight excluding hydrogens is 296 g/mol. The van der Waals surface area contributed by atoms with E-state index < -0.39 is 5.56 Å². The predicted molar refractivity (Wildman–Crippen MR) is 77.7 cm³/mol. The smallest absolute Gasteiger partial charge is 0.322 e. The van der Waals surface area contributed by atoms with Crippen LogP contribution in [-0.2, 0) is 4.74 Å². The first kappa shape index (κ1) is 16.2. The highest BCUT2D eigenvalue weighted by molar-refractivity contribution is 6.20. The molecule has 7 nitrogen and oxygen atoms in total. The van der Waals surface area contributed by atoms with Crippen LogP contribution in [0.15, 0.2) is 0 Å². The maximum atomic E-state index is 6.30. The molecule has 1 aromatic heterocycles. The number of hydrogen-bond donors (Lipinski definition) is 0. The molecule has 118 valence electrons. The van der Waals surface area contributed by atoms with Gasteiger partial charge in [-0.1, -0.05) is 18.5 Å². The lowest BCUT2D eigenvalue weighted by atomic mass is 10.2. The van der Waals surface area contributed by atoms with Gasteiger partial charge in [0.15, 0.2) is 11.4 Å². The van der Waals surface area contributed by atoms with Crippen molar-refractivity contribution in [2.75, 3.05) is 32.9 Å². The fraction of sp³-hybridized carbons (Fsp3) is 0.769. The lowest BCUT2D eigenvalue weighted by Crippen LogP contribution is -2.43. The van der Waals surface area contributed by atoms with Gasteiger partial charge >= 0.3 is 12.0 Å². The third kappa shape index (κ3) is 3.93. The zero-order chi connectivity index (χ0) is 15.2. The maximum absolute atomic E-state index is 6.30. The van der Waals surface area contributed by atoms with Crippen LogP contribution in [-0.4, -0.2) is 58.3 Å². The topological polar surface area (TPSA) is 69.6 Å². The number of ether oxygens (including phenoxy) is 3. The molecule has 2 unspecified atom stereocenters. The van der Waals surface area contributed by atoms with E-state index >= 15 is 0 Å². The van der Waals surface area contributed by atoms with Gasteiger partial charge in [0.1, 0.15) is 6.04 Å². The number of halogens is 1. The van der Waals surface area contributed by atoms with Crippen molar-refractivity contribution in [3.05, 3.63) is 5.82 Å². The van der Waals surface area contributed by atoms with Crippen molar-refractivity contribution in [1.82, 2.24) is 19.9 Å². The second kappa shape index (κ2) is 7.72. The Morgan fingerprint density at radius 2 is 1.76 bits per heavy atom. The number of morpholine rings is 1. The van der Waals surface area contributed by atoms with Gasteiger partial charge in [-0.2, -0.15) is 9.97 Å². The van der Waals surface area contributed by atoms with E-state index in [0.717, 1.165) is 13.1 Å². The summed E-state index contributed by atoms with van der Waals surface area (Å²) in [5.41, 5.74) is -0.509. The highest BCUT2D eigenvalue weighted by Crippen LogP contribution is 2.30. The average molecular weight is 317 g/mol. The van der Waals surface area contributed by atoms with Crippen LogP contribution in [0, 0.1) is 0 Å². The van der Waals surface area contributed by atoms with Crippen molar-refractivity contribution in [1.29, 1.82) is 0 Å². The summed E-state index contributed by atoms with van der Waals surface area (Å²) < 4.78 is 16.3. The number of aromatic nitrogens is 3. The first-order valence-corrected chi connectivity index (χ1v) is 7.64. The fourth-order valence-corrected chi connectivity index (χ4v) is 2.55. The van der Waals surface area contributed by atoms with Gasteiger partial charge < -0.3 is 14.2 Å². The van der Waals surface area contributed by atoms with Crippen LogP contribution < -0.4 is 9.47 Å². The van der Waals surface area contributed by atoms with Crippen LogP contribution in [0.4, 0.5) is 0 Å². The predicted octanol–water partition coefficient (Wildman–Crippen LogP) is 1.63. The third-order valence-corrected chi connectivity index (χ3v) is 3.49. The maximum Gasteiger partial charge on any atom is 0.322 e. The zero-order valence-corrected chi connectivity index (χ0v) is 13.3. The van der Waals surface area contributed by atoms with Gasteiger partial charge in [0.05, 0.1) is 19.8 Å². The molecule has 2 rings (SSSR count). The summed E-state index contributed by atoms with van der Waals surface area (Å²) in [6, 6.07) is 0.250. The Bertz CT molecular complexity index is 439. The molecule has 0 amide bonds. The van der Waals surface area contributed by atoms with E-state index in [1.54, 1.807) is 0 Å². The molecule has 1 saturated heterocycles. The summed E-state index contributed by atoms with van der Waals surface area (Å²) in [6.07, 6.45) is 0. The van der Waals surface area contributed by atoms with Crippen molar-refractivity contribution in [2.24, 2.45) is 0 Å². The SMILES string of the molecule is CCOc1nc(OCC)nc(C2C(Cl)OCCN2CC)n1. The molecule has 1 aromatic rings. The summed E-state index contributed by atoms with van der Waals surface area (Å²) in [6.45, 7) is 8.96. The van der Waals surface area contributed by atoms with Crippen molar-refractivity contribution in [3.8, 4) is 12.0 Å². The Labute approximate surface area is 129 Å². The number of alkyl halides is 1. The third-order valence-electron chi connectivity index (χ3n) is 3.13. The van der Waals surface area contributed by atoms with Crippen molar-refractivity contribution in [3.63, 3.8) is 0 Å². The Hall–Kier alpha value is -1.18. The molecule has 2 heterocycles. The largest absolute Gasteiger partial charge is 0.464 e. The van der Waals surface area contributed by atoms with Crippen LogP contribution in [0.2, 0.25) is 0 Å². The van der Waals surface area contributed by atoms with Crippen molar-refractivity contribution in [2.45, 2.75) is 32.4 Å². The summed E-state index contributed by atoms with van der Waals surface area (Å²) in [4.78, 5) is 15.0. The van der Waals surface area contributed by atoms with E-state index in [1.807, 2.05) is 13.8 Å². The molecule has 0 N–H and O–H groups in total. The van der Waals surface area contributed by atoms with Crippen molar-refractivity contribution >= 4 is 11.6 Å². The summed E-state index contributed by atoms with van der Waals surface area (Å²) in [5.74, 6) is 0.512. The second-order valence-corrected chi connectivity index (χ2v) is 4.85. The number of nitrogens with zero attached hydrogens (tertiary/aromatic N) is 4. The molecule has 1 aliphatic rings. The molecule has 0 aliphatic carbocycles. The van der Waals surface area contributed by atoms with E-state index in [-0.39, 0.29) is 18.1 Å². The van der Waals surface area contributed by atoms with Gasteiger partial charge in [0, 0.05) is 6.54 Å². The quantitative estimate of drug-likeness (QED) is 0.739. The van der Waals surface area contributed by atoms with Gasteiger partial charge in [-0.05, 0) is 20.4 Å². The average Bonchev–Trinajstić information content (AvgIpc) is 2.47. The highest BCUT2D eigenvalue weighted by atomic mass is 35.5. The summed E-state index contributed by atoms with van der Waals surface area (Å²) in [7, 11) is 0. The molecule has 2 atom stereocenters. The number of hydrogen-bond acceptors (Lipinski definition) is 7. The summed E-state index contributed by atoms with van der Waals surface area (Å²) in [5, 5.41) is 0. The number of likely N-dealkylation sites (N-methyl/N-ethyl adjacent to an activating group) is 1. The molecule has 0 radical (unpaired) electrons. The Kier molecular flexibility index (Phi) is 5.96. The molecule has 0 aromatic carbocycles. The van der Waals surface area contributed by atoms with E-state index in [4.69, 9.17) is 25.8 Å². The molecular formula is C13H21ClN4O3. The highest BCUT2D eigenvalue weighted by Gasteiger charge is 2.34. The van der Waals surface area contributed by atoms with Gasteiger partial charge in [-0.15, -0.1) is 4.98 Å². The number of rotatable bonds is 6. The van der Waals surface area contributed by atoms with Gasteiger partial charge in [-0.3, -0.25) is 4.90 Å². The van der Waals surface area contributed by atoms with Crippen LogP contribution in [0.3, 0.4) is 0 Å². The van der Waals surface area contributed by atoms with Crippen LogP contribution in [0.1, 0.15) is 32.6 Å². The Balaban J connectivity index is 2.34. The van der Waals surface area contributed by atoms with Crippen LogP contribution in [0.5, 0.6) is 12.0 Å². The van der Waals surface area contributed by atoms with Crippen molar-refractivity contribution < 1.29 is 14.2 Å². The first-order chi connectivity index (χ1) is 10.2. The normalized spacial score (nSPS) is 23.0. The minimum atomic E-state index is -0.509. The molecule has 8 heteroatoms. The zero-order valence-electron chi connectivity index (χ0n) is 12.6. The minimum Gasteiger partial charge on any atom is -0.464 e. The van der Waals surface area contributed by atoms with E-state index in [1.165, 1.54) is 0 Å². The standard InChI is InChI=1S/C13H21ClN4O3/c1-4-18-7-8-21-10(14)9(18)11-15-12(19-5-2)17-13(16-11)20-6-3/h9-10H,4-8H2,1-3H3. The van der Waals surface area contributed by atoms with E-state index in [9.17, 15) is 0 Å². The van der Waals surface area contributed by atoms with E-state index in [0.29, 0.717) is 25.6 Å². The van der Waals surface area contributed by atoms with Crippen LogP contribution >= 0.6 is 11.6 Å². The minimum absolute atomic E-state index is 0.244. The molecule has 0 bridgehead atoms. The Morgan fingerprint density at radius 3 is 2.29 bits per heavy atom. The second-order valence-electron chi connectivity index (χ2n) is 4.42. The van der Waals surface area contributed by atoms with Gasteiger partial charge in [0.25, 0.3) is 0 Å². The molecule has 1 fully saturated rings. The van der Waals surface area contributed by atoms with E-state index in [2.05, 4.69) is 26.8 Å². The van der Waals surface area contributed by atoms with Gasteiger partial charge in [0.2, 0.25) is 0 Å². The molecule has 0 spiro atoms. The summed E-state index contributed by atoms with van der Waals surface area (Å²) >= 11 is 6.30. The van der Waals surface area contributed by atoms with Gasteiger partial charge in [-0.25, -0.2) is 0 Å². The first-order valence-electron chi connectivity index (χ1n) is 7.20. The lowest BCUT2D eigenvalue weighted by Gasteiger charge is -2.36. The Morgan fingerprint density at radius 1 is 1.14 bits per heavy atom. The molecule has 21 heavy (non-hydrogen) atoms. The molecule has 0 saturated carbocycles. The van der Waals surface area contributed by atoms with Crippen LogP contribution in [0.25, 0.3) is 0 Å².